The molecule has 2 aromatic rings. The maximum atomic E-state index is 12.9. The fraction of sp³-hybridized carbons (Fsp3) is 0.526. The van der Waals surface area contributed by atoms with Crippen LogP contribution in [-0.4, -0.2) is 58.1 Å². The average Bonchev–Trinajstić information content (AvgIpc) is 3.53. The molecular weight excluding hydrogens is 408 g/mol. The fourth-order valence-corrected chi connectivity index (χ4v) is 5.39. The van der Waals surface area contributed by atoms with Crippen molar-refractivity contribution in [2.45, 2.75) is 43.8 Å². The molecule has 10 heteroatoms. The van der Waals surface area contributed by atoms with Crippen LogP contribution in [0.1, 0.15) is 37.1 Å². The van der Waals surface area contributed by atoms with E-state index < -0.39 is 10.0 Å². The van der Waals surface area contributed by atoms with Crippen LogP contribution in [0.2, 0.25) is 0 Å². The number of nitrogens with zero attached hydrogens (tertiary/aromatic N) is 6. The van der Waals surface area contributed by atoms with Gasteiger partial charge in [0.1, 0.15) is 5.82 Å². The summed E-state index contributed by atoms with van der Waals surface area (Å²) in [6, 6.07) is 8.07. The summed E-state index contributed by atoms with van der Waals surface area (Å²) in [4.78, 5) is 2.41. The molecule has 1 aliphatic carbocycles. The molecule has 0 radical (unpaired) electrons. The van der Waals surface area contributed by atoms with Gasteiger partial charge in [0.15, 0.2) is 4.77 Å². The molecule has 1 saturated heterocycles. The minimum absolute atomic E-state index is 0.225. The van der Waals surface area contributed by atoms with Crippen LogP contribution in [0.25, 0.3) is 0 Å². The molecule has 1 aliphatic heterocycles. The molecule has 8 nitrogen and oxygen atoms in total. The van der Waals surface area contributed by atoms with Gasteiger partial charge < -0.3 is 4.57 Å². The zero-order valence-corrected chi connectivity index (χ0v) is 18.0. The molecular formula is C19H24N6O2S2. The van der Waals surface area contributed by atoms with Crippen LogP contribution < -0.4 is 0 Å². The van der Waals surface area contributed by atoms with Crippen molar-refractivity contribution in [3.8, 4) is 6.07 Å². The second-order valence-corrected chi connectivity index (χ2v) is 9.76. The van der Waals surface area contributed by atoms with E-state index in [0.29, 0.717) is 44.3 Å². The van der Waals surface area contributed by atoms with Crippen molar-refractivity contribution < 1.29 is 8.42 Å². The van der Waals surface area contributed by atoms with E-state index in [0.717, 1.165) is 17.1 Å². The van der Waals surface area contributed by atoms with Gasteiger partial charge in [0, 0.05) is 38.6 Å². The third-order valence-corrected chi connectivity index (χ3v) is 7.84. The Kier molecular flexibility index (Phi) is 5.57. The second-order valence-electron chi connectivity index (χ2n) is 7.46. The van der Waals surface area contributed by atoms with Crippen molar-refractivity contribution in [2.24, 2.45) is 0 Å². The predicted octanol–water partition coefficient (Wildman–Crippen LogP) is 2.15. The Morgan fingerprint density at radius 2 is 1.83 bits per heavy atom. The van der Waals surface area contributed by atoms with Crippen LogP contribution in [0.4, 0.5) is 0 Å². The molecule has 2 fully saturated rings. The van der Waals surface area contributed by atoms with E-state index in [1.807, 2.05) is 10.8 Å². The standard InChI is InChI=1S/C19H24N6O2S2/c1-2-24-18(16-5-6-16)21-25(19(24)28)14-22-9-11-23(12-10-22)29(26,27)17-7-3-15(13-20)4-8-17/h3-4,7-8,16H,2,5-6,9-12,14H2,1H3. The fourth-order valence-electron chi connectivity index (χ4n) is 3.64. The summed E-state index contributed by atoms with van der Waals surface area (Å²) < 4.78 is 31.9. The molecule has 1 aromatic carbocycles. The summed E-state index contributed by atoms with van der Waals surface area (Å²) in [5, 5.41) is 13.6. The number of benzene rings is 1. The van der Waals surface area contributed by atoms with E-state index in [9.17, 15) is 8.42 Å². The zero-order chi connectivity index (χ0) is 20.6. The van der Waals surface area contributed by atoms with Crippen molar-refractivity contribution >= 4 is 22.2 Å². The third kappa shape index (κ3) is 4.00. The van der Waals surface area contributed by atoms with Crippen LogP contribution in [0.3, 0.4) is 0 Å². The Balaban J connectivity index is 1.42. The molecule has 0 spiro atoms. The first-order valence-electron chi connectivity index (χ1n) is 9.84. The van der Waals surface area contributed by atoms with Gasteiger partial charge in [0.25, 0.3) is 0 Å². The van der Waals surface area contributed by atoms with Crippen molar-refractivity contribution in [3.63, 3.8) is 0 Å². The van der Waals surface area contributed by atoms with Gasteiger partial charge in [-0.25, -0.2) is 13.1 Å². The number of aromatic nitrogens is 3. The lowest BCUT2D eigenvalue weighted by Crippen LogP contribution is -2.48. The maximum Gasteiger partial charge on any atom is 0.243 e. The first-order valence-corrected chi connectivity index (χ1v) is 11.7. The van der Waals surface area contributed by atoms with Gasteiger partial charge in [-0.2, -0.15) is 14.7 Å². The van der Waals surface area contributed by atoms with Crippen LogP contribution in [0.5, 0.6) is 0 Å². The van der Waals surface area contributed by atoms with Gasteiger partial charge in [-0.15, -0.1) is 0 Å². The first-order chi connectivity index (χ1) is 13.9. The summed E-state index contributed by atoms with van der Waals surface area (Å²) in [6.45, 7) is 5.56. The lowest BCUT2D eigenvalue weighted by atomic mass is 10.2. The molecule has 1 aromatic heterocycles. The van der Waals surface area contributed by atoms with Gasteiger partial charge in [0.2, 0.25) is 10.0 Å². The number of hydrogen-bond donors (Lipinski definition) is 0. The average molecular weight is 433 g/mol. The highest BCUT2D eigenvalue weighted by Crippen LogP contribution is 2.39. The summed E-state index contributed by atoms with van der Waals surface area (Å²) in [7, 11) is -3.55. The molecule has 0 amide bonds. The highest BCUT2D eigenvalue weighted by Gasteiger charge is 2.31. The van der Waals surface area contributed by atoms with Gasteiger partial charge in [0.05, 0.1) is 23.2 Å². The van der Waals surface area contributed by atoms with Crippen molar-refractivity contribution in [3.05, 3.63) is 40.4 Å². The van der Waals surface area contributed by atoms with Crippen LogP contribution in [0.15, 0.2) is 29.2 Å². The molecule has 29 heavy (non-hydrogen) atoms. The molecule has 0 bridgehead atoms. The number of sulfonamides is 1. The Morgan fingerprint density at radius 3 is 2.38 bits per heavy atom. The summed E-state index contributed by atoms with van der Waals surface area (Å²) in [5.41, 5.74) is 0.447. The van der Waals surface area contributed by atoms with Crippen LogP contribution in [-0.2, 0) is 23.2 Å². The maximum absolute atomic E-state index is 12.9. The third-order valence-electron chi connectivity index (χ3n) is 5.50. The van der Waals surface area contributed by atoms with Gasteiger partial charge in [-0.1, -0.05) is 0 Å². The van der Waals surface area contributed by atoms with E-state index in [1.165, 1.54) is 41.4 Å². The minimum Gasteiger partial charge on any atom is -0.304 e. The lowest BCUT2D eigenvalue weighted by molar-refractivity contribution is 0.144. The Morgan fingerprint density at radius 1 is 1.17 bits per heavy atom. The van der Waals surface area contributed by atoms with Gasteiger partial charge in [-0.3, -0.25) is 4.90 Å². The number of rotatable bonds is 6. The molecule has 4 rings (SSSR count). The predicted molar refractivity (Wildman–Crippen MR) is 110 cm³/mol. The molecule has 0 unspecified atom stereocenters. The van der Waals surface area contributed by atoms with Crippen molar-refractivity contribution in [2.75, 3.05) is 26.2 Å². The topological polar surface area (TPSA) is 87.2 Å². The summed E-state index contributed by atoms with van der Waals surface area (Å²) >= 11 is 5.60. The summed E-state index contributed by atoms with van der Waals surface area (Å²) in [5.74, 6) is 1.62. The number of nitriles is 1. The smallest absolute Gasteiger partial charge is 0.243 e. The van der Waals surface area contributed by atoms with E-state index in [4.69, 9.17) is 22.6 Å². The van der Waals surface area contributed by atoms with E-state index in [-0.39, 0.29) is 4.90 Å². The number of hydrogen-bond acceptors (Lipinski definition) is 6. The monoisotopic (exact) mass is 432 g/mol. The number of piperazine rings is 1. The van der Waals surface area contributed by atoms with Crippen LogP contribution in [0, 0.1) is 16.1 Å². The molecule has 1 saturated carbocycles. The highest BCUT2D eigenvalue weighted by atomic mass is 32.2. The highest BCUT2D eigenvalue weighted by molar-refractivity contribution is 7.89. The van der Waals surface area contributed by atoms with Crippen molar-refractivity contribution in [1.29, 1.82) is 5.26 Å². The summed E-state index contributed by atoms with van der Waals surface area (Å²) in [6.07, 6.45) is 2.36. The Bertz CT molecular complexity index is 1090. The SMILES string of the molecule is CCn1c(C2CC2)nn(CN2CCN(S(=O)(=O)c3ccc(C#N)cc3)CC2)c1=S. The molecule has 2 heterocycles. The zero-order valence-electron chi connectivity index (χ0n) is 16.4. The normalized spacial score (nSPS) is 18.6. The Hall–Kier alpha value is -2.06. The molecule has 0 atom stereocenters. The van der Waals surface area contributed by atoms with E-state index in [2.05, 4.69) is 16.4 Å². The van der Waals surface area contributed by atoms with Crippen LogP contribution >= 0.6 is 12.2 Å². The van der Waals surface area contributed by atoms with E-state index in [1.54, 1.807) is 0 Å². The molecule has 154 valence electrons. The second kappa shape index (κ2) is 7.99. The lowest BCUT2D eigenvalue weighted by Gasteiger charge is -2.33. The molecule has 0 N–H and O–H groups in total. The van der Waals surface area contributed by atoms with Gasteiger partial charge in [-0.05, 0) is 56.2 Å². The van der Waals surface area contributed by atoms with Crippen molar-refractivity contribution in [1.82, 2.24) is 23.6 Å². The minimum atomic E-state index is -3.55. The first kappa shape index (κ1) is 20.2. The Labute approximate surface area is 176 Å². The molecule has 2 aliphatic rings. The van der Waals surface area contributed by atoms with E-state index >= 15 is 0 Å². The van der Waals surface area contributed by atoms with Gasteiger partial charge >= 0.3 is 0 Å². The largest absolute Gasteiger partial charge is 0.304 e. The quantitative estimate of drug-likeness (QED) is 0.650.